The molecule has 1 saturated heterocycles. The highest BCUT2D eigenvalue weighted by molar-refractivity contribution is 7.89. The van der Waals surface area contributed by atoms with Crippen molar-refractivity contribution < 1.29 is 28.2 Å². The van der Waals surface area contributed by atoms with Gasteiger partial charge < -0.3 is 26.2 Å². The van der Waals surface area contributed by atoms with Crippen molar-refractivity contribution >= 4 is 40.3 Å². The van der Waals surface area contributed by atoms with Crippen molar-refractivity contribution in [2.24, 2.45) is 17.3 Å². The van der Waals surface area contributed by atoms with Crippen LogP contribution in [0.2, 0.25) is 0 Å². The fourth-order valence-electron chi connectivity index (χ4n) is 6.24. The van der Waals surface area contributed by atoms with Crippen LogP contribution in [0.4, 0.5) is 4.79 Å². The Morgan fingerprint density at radius 1 is 0.957 bits per heavy atom. The van der Waals surface area contributed by atoms with Gasteiger partial charge in [-0.05, 0) is 70.1 Å². The van der Waals surface area contributed by atoms with Gasteiger partial charge in [-0.2, -0.15) is 0 Å². The smallest absolute Gasteiger partial charge is 0.315 e. The summed E-state index contributed by atoms with van der Waals surface area (Å²) in [4.78, 5) is 69.0. The molecule has 0 aromatic rings. The number of nitrogens with zero attached hydrogens (tertiary/aromatic N) is 1. The Morgan fingerprint density at radius 3 is 2.26 bits per heavy atom. The Kier molecular flexibility index (Phi) is 13.2. The van der Waals surface area contributed by atoms with Crippen molar-refractivity contribution in [3.8, 4) is 0 Å². The van der Waals surface area contributed by atoms with Gasteiger partial charge in [0.1, 0.15) is 12.1 Å². The number of rotatable bonds is 11. The molecule has 2 fully saturated rings. The molecule has 1 heterocycles. The second-order valence-corrected chi connectivity index (χ2v) is 16.6. The second-order valence-electron chi connectivity index (χ2n) is 15.2. The van der Waals surface area contributed by atoms with Crippen molar-refractivity contribution in [2.45, 2.75) is 130 Å². The summed E-state index contributed by atoms with van der Waals surface area (Å²) in [7, 11) is -1.51. The molecule has 3 aliphatic rings. The molecule has 0 radical (unpaired) electrons. The van der Waals surface area contributed by atoms with Crippen LogP contribution in [0.1, 0.15) is 106 Å². The molecular weight excluding hydrogens is 606 g/mol. The van der Waals surface area contributed by atoms with Crippen LogP contribution in [0, 0.1) is 17.3 Å². The van der Waals surface area contributed by atoms with Crippen LogP contribution in [0.15, 0.2) is 23.1 Å². The van der Waals surface area contributed by atoms with E-state index in [1.807, 2.05) is 59.8 Å². The third-order valence-corrected chi connectivity index (χ3v) is 10.0. The number of urea groups is 1. The normalized spacial score (nSPS) is 22.7. The number of allylic oxidation sites excluding steroid dienone is 3. The molecule has 0 spiro atoms. The zero-order valence-corrected chi connectivity index (χ0v) is 29.5. The zero-order chi connectivity index (χ0) is 34.2. The topological polar surface area (TPSA) is 154 Å². The van der Waals surface area contributed by atoms with Gasteiger partial charge >= 0.3 is 6.03 Å². The predicted octanol–water partition coefficient (Wildman–Crippen LogP) is 3.82. The van der Waals surface area contributed by atoms with Gasteiger partial charge in [-0.25, -0.2) is 4.79 Å². The van der Waals surface area contributed by atoms with Gasteiger partial charge in [0.2, 0.25) is 17.6 Å². The van der Waals surface area contributed by atoms with Gasteiger partial charge in [-0.1, -0.05) is 71.6 Å². The molecule has 0 aromatic carbocycles. The van der Waals surface area contributed by atoms with Crippen LogP contribution in [0.5, 0.6) is 0 Å². The minimum Gasteiger partial charge on any atom is -0.344 e. The molecule has 5 atom stereocenters. The van der Waals surface area contributed by atoms with Crippen LogP contribution in [-0.2, 0) is 30.0 Å². The number of carbonyl (C=O) groups is 5. The number of Topliss-reactive ketones (excluding diaryl/α,β-unsaturated/α-hetero) is 1. The van der Waals surface area contributed by atoms with Crippen LogP contribution in [0.25, 0.3) is 0 Å². The lowest BCUT2D eigenvalue weighted by Crippen LogP contribution is -2.61. The molecule has 0 bridgehead atoms. The number of hydrogen-bond acceptors (Lipinski definition) is 6. The van der Waals surface area contributed by atoms with E-state index in [0.29, 0.717) is 36.6 Å². The highest BCUT2D eigenvalue weighted by Crippen LogP contribution is 2.30. The Hall–Kier alpha value is -3.02. The summed E-state index contributed by atoms with van der Waals surface area (Å²) >= 11 is 0. The van der Waals surface area contributed by atoms with E-state index < -0.39 is 63.5 Å². The maximum absolute atomic E-state index is 13.9. The number of amides is 5. The molecule has 5 amide bonds. The first-order chi connectivity index (χ1) is 21.5. The number of ketones is 1. The third kappa shape index (κ3) is 11.1. The standard InChI is InChI=1S/C34H55N5O6S/c1-22-12-10-15-24(18-17-22)46(45)21-35-30(42)27(40)25(20-23-13-8-9-14-23)36-29(41)26-16-11-19-39(26)31(43)28(33(2,3)4)37-32(44)38-34(5,6)7/h15,17-18,22-23,25-26,28H,8-14,16,19-21H2,1-7H3,(H,35,42)(H,36,41)(H2,37,38,44). The average molecular weight is 662 g/mol. The van der Waals surface area contributed by atoms with E-state index in [1.54, 1.807) is 0 Å². The zero-order valence-electron chi connectivity index (χ0n) is 28.7. The monoisotopic (exact) mass is 661 g/mol. The van der Waals surface area contributed by atoms with Crippen molar-refractivity contribution in [3.05, 3.63) is 23.1 Å². The summed E-state index contributed by atoms with van der Waals surface area (Å²) in [5, 5.41) is 11.0. The van der Waals surface area contributed by atoms with Gasteiger partial charge in [-0.3, -0.25) is 23.4 Å². The Morgan fingerprint density at radius 2 is 1.63 bits per heavy atom. The maximum Gasteiger partial charge on any atom is 0.315 e. The minimum atomic E-state index is -1.51. The molecule has 2 aliphatic carbocycles. The highest BCUT2D eigenvalue weighted by Gasteiger charge is 2.43. The molecular formula is C34H55N5O6S. The summed E-state index contributed by atoms with van der Waals surface area (Å²) in [5.41, 5.74) is -1.15. The quantitative estimate of drug-likeness (QED) is 0.247. The largest absolute Gasteiger partial charge is 0.344 e. The molecule has 5 unspecified atom stereocenters. The molecule has 4 N–H and O–H groups in total. The number of carbonyl (C=O) groups excluding carboxylic acids is 5. The third-order valence-electron chi connectivity index (χ3n) is 8.80. The summed E-state index contributed by atoms with van der Waals surface area (Å²) in [6, 6.07) is -3.27. The molecule has 46 heavy (non-hydrogen) atoms. The fourth-order valence-corrected chi connectivity index (χ4v) is 7.21. The van der Waals surface area contributed by atoms with Crippen molar-refractivity contribution in [1.82, 2.24) is 26.2 Å². The van der Waals surface area contributed by atoms with Crippen molar-refractivity contribution in [1.29, 1.82) is 0 Å². The Bertz CT molecular complexity index is 1230. The van der Waals surface area contributed by atoms with E-state index in [-0.39, 0.29) is 17.7 Å². The number of nitrogens with one attached hydrogen (secondary N) is 4. The first-order valence-corrected chi connectivity index (χ1v) is 18.1. The van der Waals surface area contributed by atoms with Gasteiger partial charge in [0.25, 0.3) is 5.91 Å². The Labute approximate surface area is 277 Å². The van der Waals surface area contributed by atoms with Gasteiger partial charge in [-0.15, -0.1) is 0 Å². The van der Waals surface area contributed by atoms with Crippen LogP contribution < -0.4 is 21.3 Å². The molecule has 0 aromatic heterocycles. The van der Waals surface area contributed by atoms with E-state index >= 15 is 0 Å². The molecule has 258 valence electrons. The van der Waals surface area contributed by atoms with Crippen LogP contribution >= 0.6 is 0 Å². The SMILES string of the molecule is CC1C=CC(S(=O)CNC(=O)C(=O)C(CC2CCCC2)NC(=O)C2CCCN2C(=O)C(NC(=O)NC(C)(C)C)C(C)(C)C)=CCC1. The summed E-state index contributed by atoms with van der Waals surface area (Å²) in [6.07, 6.45) is 12.6. The molecule has 3 rings (SSSR count). The lowest BCUT2D eigenvalue weighted by Gasteiger charge is -2.36. The van der Waals surface area contributed by atoms with E-state index in [2.05, 4.69) is 28.2 Å². The van der Waals surface area contributed by atoms with Gasteiger partial charge in [0, 0.05) is 17.0 Å². The maximum atomic E-state index is 13.9. The van der Waals surface area contributed by atoms with E-state index in [1.165, 1.54) is 4.90 Å². The predicted molar refractivity (Wildman–Crippen MR) is 180 cm³/mol. The molecule has 12 heteroatoms. The van der Waals surface area contributed by atoms with E-state index in [4.69, 9.17) is 0 Å². The molecule has 1 aliphatic heterocycles. The first-order valence-electron chi connectivity index (χ1n) is 16.7. The van der Waals surface area contributed by atoms with E-state index in [9.17, 15) is 28.2 Å². The Balaban J connectivity index is 1.71. The van der Waals surface area contributed by atoms with Crippen molar-refractivity contribution in [3.63, 3.8) is 0 Å². The van der Waals surface area contributed by atoms with Crippen molar-refractivity contribution in [2.75, 3.05) is 12.4 Å². The summed E-state index contributed by atoms with van der Waals surface area (Å²) in [5.74, 6) is -2.16. The second kappa shape index (κ2) is 16.2. The van der Waals surface area contributed by atoms with Crippen LogP contribution in [0.3, 0.4) is 0 Å². The minimum absolute atomic E-state index is 0.191. The number of likely N-dealkylation sites (tertiary alicyclic amines) is 1. The molecule has 11 nitrogen and oxygen atoms in total. The van der Waals surface area contributed by atoms with Gasteiger partial charge in [0.05, 0.1) is 22.7 Å². The van der Waals surface area contributed by atoms with E-state index in [0.717, 1.165) is 38.5 Å². The highest BCUT2D eigenvalue weighted by atomic mass is 32.2. The number of hydrogen-bond donors (Lipinski definition) is 4. The molecule has 1 saturated carbocycles. The van der Waals surface area contributed by atoms with Gasteiger partial charge in [0.15, 0.2) is 0 Å². The summed E-state index contributed by atoms with van der Waals surface area (Å²) < 4.78 is 12.9. The lowest BCUT2D eigenvalue weighted by molar-refractivity contribution is -0.143. The average Bonchev–Trinajstić information content (AvgIpc) is 3.61. The summed E-state index contributed by atoms with van der Waals surface area (Å²) in [6.45, 7) is 13.5. The fraction of sp³-hybridized carbons (Fsp3) is 0.735. The lowest BCUT2D eigenvalue weighted by atomic mass is 9.85. The first kappa shape index (κ1) is 37.4. The van der Waals surface area contributed by atoms with Crippen LogP contribution in [-0.4, -0.2) is 74.7 Å².